The van der Waals surface area contributed by atoms with Gasteiger partial charge in [0.05, 0.1) is 22.7 Å². The minimum atomic E-state index is -0.0886. The van der Waals surface area contributed by atoms with Crippen molar-refractivity contribution in [1.29, 1.82) is 5.26 Å². The lowest BCUT2D eigenvalue weighted by Gasteiger charge is -2.12. The first kappa shape index (κ1) is 13.6. The van der Waals surface area contributed by atoms with E-state index in [0.29, 0.717) is 23.5 Å². The van der Waals surface area contributed by atoms with E-state index in [2.05, 4.69) is 22.0 Å². The summed E-state index contributed by atoms with van der Waals surface area (Å²) in [5, 5.41) is 18.3. The van der Waals surface area contributed by atoms with Crippen LogP contribution in [-0.4, -0.2) is 5.11 Å². The van der Waals surface area contributed by atoms with Crippen LogP contribution in [0.25, 0.3) is 0 Å². The maximum Gasteiger partial charge on any atom is 0.139 e. The van der Waals surface area contributed by atoms with Gasteiger partial charge < -0.3 is 9.84 Å². The molecule has 0 aromatic heterocycles. The molecule has 0 aliphatic carbocycles. The van der Waals surface area contributed by atoms with E-state index in [1.165, 1.54) is 0 Å². The Balaban J connectivity index is 2.22. The molecule has 0 radical (unpaired) electrons. The molecule has 0 unspecified atom stereocenters. The van der Waals surface area contributed by atoms with Gasteiger partial charge in [-0.2, -0.15) is 5.26 Å². The van der Waals surface area contributed by atoms with E-state index in [1.807, 2.05) is 30.3 Å². The van der Waals surface area contributed by atoms with Crippen LogP contribution in [0.3, 0.4) is 0 Å². The van der Waals surface area contributed by atoms with Gasteiger partial charge in [0.25, 0.3) is 0 Å². The molecule has 2 aromatic rings. The number of aliphatic hydroxyl groups is 1. The van der Waals surface area contributed by atoms with Crippen LogP contribution in [0.4, 0.5) is 0 Å². The number of ether oxygens (including phenoxy) is 1. The van der Waals surface area contributed by atoms with Crippen LogP contribution in [0.1, 0.15) is 16.7 Å². The Morgan fingerprint density at radius 2 is 1.84 bits per heavy atom. The topological polar surface area (TPSA) is 53.2 Å². The molecule has 0 aliphatic rings. The van der Waals surface area contributed by atoms with Gasteiger partial charge >= 0.3 is 0 Å². The van der Waals surface area contributed by atoms with Crippen molar-refractivity contribution in [2.24, 2.45) is 0 Å². The number of nitrogens with zero attached hydrogens (tertiary/aromatic N) is 1. The molecule has 0 atom stereocenters. The highest BCUT2D eigenvalue weighted by Gasteiger charge is 2.09. The summed E-state index contributed by atoms with van der Waals surface area (Å²) < 4.78 is 6.52. The molecule has 0 fully saturated rings. The zero-order valence-electron chi connectivity index (χ0n) is 10.1. The number of rotatable bonds is 4. The van der Waals surface area contributed by atoms with E-state index >= 15 is 0 Å². The van der Waals surface area contributed by atoms with Gasteiger partial charge in [-0.15, -0.1) is 0 Å². The third kappa shape index (κ3) is 3.14. The molecule has 2 rings (SSSR count). The van der Waals surface area contributed by atoms with E-state index < -0.39 is 0 Å². The quantitative estimate of drug-likeness (QED) is 0.940. The van der Waals surface area contributed by atoms with Crippen molar-refractivity contribution in [2.45, 2.75) is 13.2 Å². The maximum atomic E-state index is 9.29. The largest absolute Gasteiger partial charge is 0.487 e. The molecule has 0 amide bonds. The fourth-order valence-corrected chi connectivity index (χ4v) is 2.27. The summed E-state index contributed by atoms with van der Waals surface area (Å²) in [4.78, 5) is 0. The highest BCUT2D eigenvalue weighted by molar-refractivity contribution is 9.10. The summed E-state index contributed by atoms with van der Waals surface area (Å²) in [6.07, 6.45) is 0. The minimum absolute atomic E-state index is 0.0886. The summed E-state index contributed by atoms with van der Waals surface area (Å²) in [6.45, 7) is 0.202. The van der Waals surface area contributed by atoms with Crippen molar-refractivity contribution >= 4 is 15.9 Å². The first-order valence-electron chi connectivity index (χ1n) is 5.75. The fourth-order valence-electron chi connectivity index (χ4n) is 1.74. The van der Waals surface area contributed by atoms with Gasteiger partial charge in [-0.25, -0.2) is 0 Å². The SMILES string of the molecule is N#Cc1ccccc1COc1c(Br)cccc1CO. The van der Waals surface area contributed by atoms with Crippen molar-refractivity contribution in [1.82, 2.24) is 0 Å². The van der Waals surface area contributed by atoms with E-state index in [9.17, 15) is 5.11 Å². The predicted molar refractivity (Wildman–Crippen MR) is 75.6 cm³/mol. The average molecular weight is 318 g/mol. The lowest BCUT2D eigenvalue weighted by atomic mass is 10.1. The molecule has 4 heteroatoms. The van der Waals surface area contributed by atoms with Crippen LogP contribution in [0.15, 0.2) is 46.9 Å². The second-order valence-electron chi connectivity index (χ2n) is 3.94. The van der Waals surface area contributed by atoms with Crippen LogP contribution in [-0.2, 0) is 13.2 Å². The number of para-hydroxylation sites is 1. The highest BCUT2D eigenvalue weighted by Crippen LogP contribution is 2.30. The third-order valence-electron chi connectivity index (χ3n) is 2.73. The molecule has 0 saturated carbocycles. The minimum Gasteiger partial charge on any atom is -0.487 e. The van der Waals surface area contributed by atoms with Crippen LogP contribution < -0.4 is 4.74 Å². The standard InChI is InChI=1S/C15H12BrNO2/c16-14-7-3-6-12(9-18)15(14)19-10-13-5-2-1-4-11(13)8-17/h1-7,18H,9-10H2. The normalized spacial score (nSPS) is 9.95. The molecule has 1 N–H and O–H groups in total. The molecular weight excluding hydrogens is 306 g/mol. The summed E-state index contributed by atoms with van der Waals surface area (Å²) in [5.74, 6) is 0.609. The van der Waals surface area contributed by atoms with Crippen LogP contribution in [0.5, 0.6) is 5.75 Å². The fraction of sp³-hybridized carbons (Fsp3) is 0.133. The maximum absolute atomic E-state index is 9.29. The van der Waals surface area contributed by atoms with Gasteiger partial charge in [-0.05, 0) is 28.1 Å². The van der Waals surface area contributed by atoms with Gasteiger partial charge in [0.1, 0.15) is 12.4 Å². The van der Waals surface area contributed by atoms with E-state index in [-0.39, 0.29) is 6.61 Å². The van der Waals surface area contributed by atoms with Gasteiger partial charge in [-0.1, -0.05) is 30.3 Å². The zero-order valence-corrected chi connectivity index (χ0v) is 11.7. The Labute approximate surface area is 120 Å². The molecule has 0 heterocycles. The third-order valence-corrected chi connectivity index (χ3v) is 3.35. The Morgan fingerprint density at radius 3 is 2.58 bits per heavy atom. The lowest BCUT2D eigenvalue weighted by molar-refractivity contribution is 0.258. The number of hydrogen-bond acceptors (Lipinski definition) is 3. The molecule has 0 bridgehead atoms. The molecule has 19 heavy (non-hydrogen) atoms. The second kappa shape index (κ2) is 6.37. The van der Waals surface area contributed by atoms with Crippen molar-refractivity contribution in [3.8, 4) is 11.8 Å². The van der Waals surface area contributed by atoms with Crippen molar-refractivity contribution in [3.05, 3.63) is 63.6 Å². The molecule has 96 valence electrons. The highest BCUT2D eigenvalue weighted by atomic mass is 79.9. The summed E-state index contributed by atoms with van der Waals surface area (Å²) in [6, 6.07) is 14.9. The predicted octanol–water partition coefficient (Wildman–Crippen LogP) is 3.39. The lowest BCUT2D eigenvalue weighted by Crippen LogP contribution is -2.01. The Hall–Kier alpha value is -1.83. The number of hydrogen-bond donors (Lipinski definition) is 1. The van der Waals surface area contributed by atoms with Gasteiger partial charge in [0, 0.05) is 11.1 Å². The summed E-state index contributed by atoms with van der Waals surface area (Å²) >= 11 is 3.40. The molecular formula is C15H12BrNO2. The van der Waals surface area contributed by atoms with Crippen molar-refractivity contribution in [2.75, 3.05) is 0 Å². The average Bonchev–Trinajstić information content (AvgIpc) is 2.46. The Morgan fingerprint density at radius 1 is 1.11 bits per heavy atom. The van der Waals surface area contributed by atoms with E-state index in [1.54, 1.807) is 12.1 Å². The second-order valence-corrected chi connectivity index (χ2v) is 4.80. The molecule has 0 aliphatic heterocycles. The molecule has 2 aromatic carbocycles. The van der Waals surface area contributed by atoms with Crippen molar-refractivity contribution in [3.63, 3.8) is 0 Å². The van der Waals surface area contributed by atoms with Gasteiger partial charge in [0.15, 0.2) is 0 Å². The van der Waals surface area contributed by atoms with Crippen LogP contribution in [0.2, 0.25) is 0 Å². The summed E-state index contributed by atoms with van der Waals surface area (Å²) in [5.41, 5.74) is 2.13. The van der Waals surface area contributed by atoms with E-state index in [4.69, 9.17) is 10.00 Å². The Bertz CT molecular complexity index is 620. The van der Waals surface area contributed by atoms with Gasteiger partial charge in [-0.3, -0.25) is 0 Å². The van der Waals surface area contributed by atoms with E-state index in [0.717, 1.165) is 10.0 Å². The number of nitriles is 1. The number of benzene rings is 2. The number of halogens is 1. The zero-order chi connectivity index (χ0) is 13.7. The summed E-state index contributed by atoms with van der Waals surface area (Å²) in [7, 11) is 0. The van der Waals surface area contributed by atoms with Crippen LogP contribution >= 0.6 is 15.9 Å². The Kier molecular flexibility index (Phi) is 4.56. The molecule has 0 saturated heterocycles. The molecule has 0 spiro atoms. The monoisotopic (exact) mass is 317 g/mol. The smallest absolute Gasteiger partial charge is 0.139 e. The van der Waals surface area contributed by atoms with Gasteiger partial charge in [0.2, 0.25) is 0 Å². The van der Waals surface area contributed by atoms with Crippen molar-refractivity contribution < 1.29 is 9.84 Å². The number of aliphatic hydroxyl groups excluding tert-OH is 1. The first-order valence-corrected chi connectivity index (χ1v) is 6.54. The molecule has 3 nitrogen and oxygen atoms in total. The first-order chi connectivity index (χ1) is 9.26. The van der Waals surface area contributed by atoms with Crippen LogP contribution in [0, 0.1) is 11.3 Å².